The molecule has 0 radical (unpaired) electrons. The summed E-state index contributed by atoms with van der Waals surface area (Å²) in [6.07, 6.45) is 0.154. The molecular formula is C16H18O9. The van der Waals surface area contributed by atoms with Gasteiger partial charge in [-0.05, 0) is 39.5 Å². The van der Waals surface area contributed by atoms with Gasteiger partial charge in [0.1, 0.15) is 0 Å². The number of carboxylic acids is 2. The van der Waals surface area contributed by atoms with Gasteiger partial charge < -0.3 is 24.4 Å². The van der Waals surface area contributed by atoms with Crippen molar-refractivity contribution in [1.29, 1.82) is 0 Å². The SMILES string of the molecule is CC1CCC(C(=O)O)=C(C(=O)OC(=O)C2=C(C(=O)O)CCC(C)O2)O1. The van der Waals surface area contributed by atoms with Crippen molar-refractivity contribution in [1.82, 2.24) is 0 Å². The molecule has 9 nitrogen and oxygen atoms in total. The summed E-state index contributed by atoms with van der Waals surface area (Å²) in [5, 5.41) is 18.3. The average Bonchev–Trinajstić information content (AvgIpc) is 2.53. The molecule has 0 spiro atoms. The molecule has 136 valence electrons. The highest BCUT2D eigenvalue weighted by Crippen LogP contribution is 2.27. The van der Waals surface area contributed by atoms with E-state index in [2.05, 4.69) is 4.74 Å². The first-order valence-electron chi connectivity index (χ1n) is 7.73. The van der Waals surface area contributed by atoms with Gasteiger partial charge in [-0.15, -0.1) is 0 Å². The number of carboxylic acid groups (broad SMARTS) is 2. The van der Waals surface area contributed by atoms with E-state index in [-0.39, 0.29) is 24.0 Å². The van der Waals surface area contributed by atoms with Gasteiger partial charge in [-0.1, -0.05) is 0 Å². The third kappa shape index (κ3) is 4.17. The standard InChI is InChI=1S/C16H18O9/c1-7-3-5-9(13(17)18)11(23-7)15(21)25-16(22)12-10(14(19)20)6-4-8(2)24-12/h7-8H,3-6H2,1-2H3,(H,17,18)(H,19,20). The molecule has 2 aliphatic heterocycles. The number of hydrogen-bond acceptors (Lipinski definition) is 7. The smallest absolute Gasteiger partial charge is 0.382 e. The summed E-state index contributed by atoms with van der Waals surface area (Å²) < 4.78 is 15.0. The summed E-state index contributed by atoms with van der Waals surface area (Å²) in [5.41, 5.74) is -0.581. The lowest BCUT2D eigenvalue weighted by atomic mass is 10.0. The van der Waals surface area contributed by atoms with Gasteiger partial charge in [0.05, 0.1) is 23.4 Å². The minimum Gasteiger partial charge on any atom is -0.483 e. The average molecular weight is 354 g/mol. The fraction of sp³-hybridized carbons (Fsp3) is 0.500. The fourth-order valence-electron chi connectivity index (χ4n) is 2.51. The lowest BCUT2D eigenvalue weighted by Gasteiger charge is -2.24. The molecule has 0 amide bonds. The first-order chi connectivity index (χ1) is 11.7. The van der Waals surface area contributed by atoms with Crippen molar-refractivity contribution in [3.05, 3.63) is 22.7 Å². The van der Waals surface area contributed by atoms with E-state index in [9.17, 15) is 19.2 Å². The maximum Gasteiger partial charge on any atom is 0.382 e. The zero-order chi connectivity index (χ0) is 18.7. The molecule has 2 atom stereocenters. The Morgan fingerprint density at radius 3 is 1.52 bits per heavy atom. The van der Waals surface area contributed by atoms with Crippen LogP contribution in [0.3, 0.4) is 0 Å². The fourth-order valence-corrected chi connectivity index (χ4v) is 2.51. The number of hydrogen-bond donors (Lipinski definition) is 2. The van der Waals surface area contributed by atoms with Crippen LogP contribution in [-0.4, -0.2) is 46.3 Å². The number of ether oxygens (including phenoxy) is 3. The van der Waals surface area contributed by atoms with Crippen LogP contribution in [0.4, 0.5) is 0 Å². The van der Waals surface area contributed by atoms with E-state index < -0.39 is 47.6 Å². The number of rotatable bonds is 4. The van der Waals surface area contributed by atoms with Gasteiger partial charge >= 0.3 is 23.9 Å². The van der Waals surface area contributed by atoms with Crippen molar-refractivity contribution in [2.75, 3.05) is 0 Å². The quantitative estimate of drug-likeness (QED) is 0.562. The molecule has 0 bridgehead atoms. The molecule has 0 aromatic rings. The van der Waals surface area contributed by atoms with Crippen molar-refractivity contribution in [2.24, 2.45) is 0 Å². The Morgan fingerprint density at radius 2 is 1.20 bits per heavy atom. The van der Waals surface area contributed by atoms with Crippen molar-refractivity contribution in [2.45, 2.75) is 51.7 Å². The van der Waals surface area contributed by atoms with E-state index in [4.69, 9.17) is 19.7 Å². The van der Waals surface area contributed by atoms with Crippen LogP contribution in [-0.2, 0) is 33.4 Å². The summed E-state index contributed by atoms with van der Waals surface area (Å²) in [6, 6.07) is 0. The molecule has 25 heavy (non-hydrogen) atoms. The third-order valence-electron chi connectivity index (χ3n) is 3.86. The molecule has 9 heteroatoms. The molecule has 0 saturated heterocycles. The highest BCUT2D eigenvalue weighted by molar-refractivity contribution is 6.06. The Hall–Kier alpha value is -2.84. The summed E-state index contributed by atoms with van der Waals surface area (Å²) in [7, 11) is 0. The van der Waals surface area contributed by atoms with Crippen LogP contribution >= 0.6 is 0 Å². The minimum atomic E-state index is -1.35. The van der Waals surface area contributed by atoms with E-state index in [1.165, 1.54) is 0 Å². The zero-order valence-corrected chi connectivity index (χ0v) is 13.7. The highest BCUT2D eigenvalue weighted by Gasteiger charge is 2.35. The van der Waals surface area contributed by atoms with E-state index >= 15 is 0 Å². The second-order valence-electron chi connectivity index (χ2n) is 5.84. The minimum absolute atomic E-state index is 0.0890. The van der Waals surface area contributed by atoms with Crippen molar-refractivity contribution >= 4 is 23.9 Å². The van der Waals surface area contributed by atoms with Crippen LogP contribution in [0.25, 0.3) is 0 Å². The molecular weight excluding hydrogens is 336 g/mol. The van der Waals surface area contributed by atoms with E-state index in [0.717, 1.165) is 0 Å². The maximum atomic E-state index is 12.2. The van der Waals surface area contributed by atoms with Gasteiger partial charge in [0.15, 0.2) is 0 Å². The van der Waals surface area contributed by atoms with E-state index in [0.29, 0.717) is 12.8 Å². The molecule has 0 aromatic carbocycles. The van der Waals surface area contributed by atoms with E-state index in [1.54, 1.807) is 13.8 Å². The van der Waals surface area contributed by atoms with Crippen LogP contribution < -0.4 is 0 Å². The van der Waals surface area contributed by atoms with Crippen LogP contribution in [0.2, 0.25) is 0 Å². The van der Waals surface area contributed by atoms with E-state index in [1.807, 2.05) is 0 Å². The topological polar surface area (TPSA) is 136 Å². The van der Waals surface area contributed by atoms with Gasteiger partial charge in [0.25, 0.3) is 0 Å². The molecule has 0 fully saturated rings. The van der Waals surface area contributed by atoms with Crippen molar-refractivity contribution < 1.29 is 43.6 Å². The summed E-state index contributed by atoms with van der Waals surface area (Å²) in [4.78, 5) is 46.7. The molecule has 0 aromatic heterocycles. The Morgan fingerprint density at radius 1 is 0.840 bits per heavy atom. The Balaban J connectivity index is 2.25. The number of esters is 2. The van der Waals surface area contributed by atoms with Crippen molar-refractivity contribution in [3.63, 3.8) is 0 Å². The van der Waals surface area contributed by atoms with Crippen LogP contribution in [0, 0.1) is 0 Å². The number of carbonyl (C=O) groups excluding carboxylic acids is 2. The Kier molecular flexibility index (Phi) is 5.45. The number of carbonyl (C=O) groups is 4. The second-order valence-corrected chi connectivity index (χ2v) is 5.84. The summed E-state index contributed by atoms with van der Waals surface area (Å²) in [5.74, 6) is -6.37. The summed E-state index contributed by atoms with van der Waals surface area (Å²) >= 11 is 0. The van der Waals surface area contributed by atoms with Crippen LogP contribution in [0.15, 0.2) is 22.7 Å². The van der Waals surface area contributed by atoms with Crippen molar-refractivity contribution in [3.8, 4) is 0 Å². The van der Waals surface area contributed by atoms with Gasteiger partial charge in [0.2, 0.25) is 11.5 Å². The maximum absolute atomic E-state index is 12.2. The Bertz CT molecular complexity index is 628. The Labute approximate surface area is 142 Å². The molecule has 2 aliphatic rings. The predicted molar refractivity (Wildman–Crippen MR) is 80.0 cm³/mol. The zero-order valence-electron chi connectivity index (χ0n) is 13.7. The normalized spacial score (nSPS) is 23.4. The molecule has 2 N–H and O–H groups in total. The molecule has 0 aliphatic carbocycles. The second kappa shape index (κ2) is 7.37. The molecule has 2 heterocycles. The largest absolute Gasteiger partial charge is 0.483 e. The molecule has 2 unspecified atom stereocenters. The van der Waals surface area contributed by atoms with Gasteiger partial charge in [-0.2, -0.15) is 0 Å². The molecule has 2 rings (SSSR count). The number of aliphatic carboxylic acids is 2. The van der Waals surface area contributed by atoms with Crippen LogP contribution in [0.1, 0.15) is 39.5 Å². The lowest BCUT2D eigenvalue weighted by molar-refractivity contribution is -0.162. The highest BCUT2D eigenvalue weighted by atomic mass is 16.6. The molecule has 0 saturated carbocycles. The predicted octanol–water partition coefficient (Wildman–Crippen LogP) is 1.13. The third-order valence-corrected chi connectivity index (χ3v) is 3.86. The lowest BCUT2D eigenvalue weighted by Crippen LogP contribution is -2.30. The van der Waals surface area contributed by atoms with Crippen LogP contribution in [0.5, 0.6) is 0 Å². The van der Waals surface area contributed by atoms with Gasteiger partial charge in [-0.3, -0.25) is 0 Å². The first kappa shape index (κ1) is 18.5. The van der Waals surface area contributed by atoms with Gasteiger partial charge in [-0.25, -0.2) is 19.2 Å². The monoisotopic (exact) mass is 354 g/mol. The van der Waals surface area contributed by atoms with Gasteiger partial charge in [0, 0.05) is 0 Å². The first-order valence-corrected chi connectivity index (χ1v) is 7.73. The summed E-state index contributed by atoms with van der Waals surface area (Å²) in [6.45, 7) is 3.29.